The molecule has 0 radical (unpaired) electrons. The van der Waals surface area contributed by atoms with Crippen molar-refractivity contribution in [2.24, 2.45) is 0 Å². The molecule has 2 aromatic rings. The van der Waals surface area contributed by atoms with E-state index in [4.69, 9.17) is 14.5 Å². The zero-order valence-corrected chi connectivity index (χ0v) is 22.9. The van der Waals surface area contributed by atoms with Gasteiger partial charge < -0.3 is 29.9 Å². The number of aromatic nitrogens is 2. The molecule has 3 heterocycles. The molecule has 2 aliphatic heterocycles. The molecular weight excluding hydrogens is 494 g/mol. The second-order valence-corrected chi connectivity index (χ2v) is 10.2. The van der Waals surface area contributed by atoms with Gasteiger partial charge in [-0.25, -0.2) is 4.98 Å². The molecule has 1 atom stereocenters. The normalized spacial score (nSPS) is 20.4. The van der Waals surface area contributed by atoms with E-state index in [0.29, 0.717) is 44.1 Å². The predicted molar refractivity (Wildman–Crippen MR) is 153 cm³/mol. The molecule has 2 saturated heterocycles. The number of allylic oxidation sites excluding steroid dienone is 1. The van der Waals surface area contributed by atoms with Crippen LogP contribution in [0.4, 0.5) is 17.3 Å². The van der Waals surface area contributed by atoms with Crippen LogP contribution in [0.3, 0.4) is 0 Å². The summed E-state index contributed by atoms with van der Waals surface area (Å²) in [6, 6.07) is 8.13. The number of nitrogens with one attached hydrogen (secondary N) is 2. The van der Waals surface area contributed by atoms with Crippen molar-refractivity contribution in [2.45, 2.75) is 32.4 Å². The van der Waals surface area contributed by atoms with Crippen LogP contribution in [0, 0.1) is 0 Å². The first kappa shape index (κ1) is 27.1. The van der Waals surface area contributed by atoms with Gasteiger partial charge in [-0.15, -0.1) is 0 Å². The molecule has 5 rings (SSSR count). The SMILES string of the molecule is CCC(=O)Nc1cccc(COc2nc(NC3=CCC(N4CCN(C)CC4)C=C3)ncc2N2CCOCC2)c1. The second kappa shape index (κ2) is 13.1. The van der Waals surface area contributed by atoms with Gasteiger partial charge in [-0.2, -0.15) is 4.98 Å². The maximum atomic E-state index is 11.8. The highest BCUT2D eigenvalue weighted by molar-refractivity contribution is 5.90. The number of carbonyl (C=O) groups excluding carboxylic acids is 1. The number of likely N-dealkylation sites (N-methyl/N-ethyl adjacent to an activating group) is 1. The molecule has 1 aliphatic carbocycles. The quantitative estimate of drug-likeness (QED) is 0.504. The summed E-state index contributed by atoms with van der Waals surface area (Å²) in [7, 11) is 2.18. The molecule has 1 amide bonds. The smallest absolute Gasteiger partial charge is 0.242 e. The van der Waals surface area contributed by atoms with E-state index in [9.17, 15) is 4.79 Å². The van der Waals surface area contributed by atoms with Crippen LogP contribution in [0.2, 0.25) is 0 Å². The van der Waals surface area contributed by atoms with E-state index in [1.165, 1.54) is 0 Å². The van der Waals surface area contributed by atoms with Gasteiger partial charge in [-0.3, -0.25) is 9.69 Å². The summed E-state index contributed by atoms with van der Waals surface area (Å²) in [5, 5.41) is 6.28. The molecule has 1 aromatic carbocycles. The van der Waals surface area contributed by atoms with Crippen LogP contribution < -0.4 is 20.3 Å². The lowest BCUT2D eigenvalue weighted by atomic mass is 10.0. The Morgan fingerprint density at radius 3 is 2.72 bits per heavy atom. The number of hydrogen-bond acceptors (Lipinski definition) is 9. The minimum absolute atomic E-state index is 0.0184. The van der Waals surface area contributed by atoms with Crippen LogP contribution in [-0.2, 0) is 16.1 Å². The van der Waals surface area contributed by atoms with E-state index >= 15 is 0 Å². The standard InChI is InChI=1S/C29H39N7O3/c1-3-27(37)31-24-6-4-5-22(19-24)21-39-28-26(36-15-17-38-18-16-36)20-30-29(33-28)32-23-7-9-25(10-8-23)35-13-11-34(2)12-14-35/h4-9,19-20,25H,3,10-18,21H2,1-2H3,(H,31,37)(H,30,32,33). The van der Waals surface area contributed by atoms with Gasteiger partial charge >= 0.3 is 0 Å². The van der Waals surface area contributed by atoms with E-state index in [2.05, 4.69) is 55.6 Å². The van der Waals surface area contributed by atoms with Crippen LogP contribution >= 0.6 is 0 Å². The highest BCUT2D eigenvalue weighted by Crippen LogP contribution is 2.29. The summed E-state index contributed by atoms with van der Waals surface area (Å²) in [6.45, 7) is 9.41. The van der Waals surface area contributed by atoms with Crippen molar-refractivity contribution in [1.29, 1.82) is 0 Å². The summed E-state index contributed by atoms with van der Waals surface area (Å²) in [5.41, 5.74) is 3.54. The number of anilines is 3. The topological polar surface area (TPSA) is 95.1 Å². The monoisotopic (exact) mass is 533 g/mol. The van der Waals surface area contributed by atoms with Crippen molar-refractivity contribution in [1.82, 2.24) is 19.8 Å². The first-order valence-electron chi connectivity index (χ1n) is 13.9. The molecule has 39 heavy (non-hydrogen) atoms. The van der Waals surface area contributed by atoms with E-state index < -0.39 is 0 Å². The minimum Gasteiger partial charge on any atom is -0.471 e. The zero-order valence-electron chi connectivity index (χ0n) is 22.9. The number of carbonyl (C=O) groups is 1. The van der Waals surface area contributed by atoms with Crippen molar-refractivity contribution in [2.75, 3.05) is 75.1 Å². The van der Waals surface area contributed by atoms with Gasteiger partial charge in [-0.05, 0) is 37.2 Å². The van der Waals surface area contributed by atoms with Gasteiger partial charge in [0.05, 0.1) is 19.4 Å². The second-order valence-electron chi connectivity index (χ2n) is 10.2. The summed E-state index contributed by atoms with van der Waals surface area (Å²) in [4.78, 5) is 28.3. The number of ether oxygens (including phenoxy) is 2. The van der Waals surface area contributed by atoms with Gasteiger partial charge in [0, 0.05) is 63.1 Å². The number of nitrogens with zero attached hydrogens (tertiary/aromatic N) is 5. The Hall–Kier alpha value is -3.47. The van der Waals surface area contributed by atoms with Crippen molar-refractivity contribution in [3.8, 4) is 5.88 Å². The number of morpholine rings is 1. The Morgan fingerprint density at radius 2 is 1.97 bits per heavy atom. The molecule has 208 valence electrons. The molecule has 2 N–H and O–H groups in total. The fourth-order valence-electron chi connectivity index (χ4n) is 4.94. The van der Waals surface area contributed by atoms with Crippen LogP contribution in [0.1, 0.15) is 25.3 Å². The number of piperazine rings is 1. The zero-order chi connectivity index (χ0) is 27.0. The Morgan fingerprint density at radius 1 is 1.15 bits per heavy atom. The van der Waals surface area contributed by atoms with Gasteiger partial charge in [0.15, 0.2) is 0 Å². The highest BCUT2D eigenvalue weighted by Gasteiger charge is 2.22. The number of rotatable bonds is 9. The predicted octanol–water partition coefficient (Wildman–Crippen LogP) is 3.11. The van der Waals surface area contributed by atoms with E-state index in [0.717, 1.165) is 68.3 Å². The molecule has 0 spiro atoms. The first-order valence-corrected chi connectivity index (χ1v) is 13.9. The summed E-state index contributed by atoms with van der Waals surface area (Å²) in [5.74, 6) is 1.00. The number of benzene rings is 1. The molecule has 1 aromatic heterocycles. The maximum Gasteiger partial charge on any atom is 0.242 e. The summed E-state index contributed by atoms with van der Waals surface area (Å²) in [6.07, 6.45) is 9.85. The lowest BCUT2D eigenvalue weighted by molar-refractivity contribution is -0.115. The molecule has 0 saturated carbocycles. The molecule has 2 fully saturated rings. The van der Waals surface area contributed by atoms with Gasteiger partial charge in [0.2, 0.25) is 17.7 Å². The third-order valence-electron chi connectivity index (χ3n) is 7.34. The highest BCUT2D eigenvalue weighted by atomic mass is 16.5. The first-order chi connectivity index (χ1) is 19.1. The van der Waals surface area contributed by atoms with Crippen molar-refractivity contribution in [3.63, 3.8) is 0 Å². The average Bonchev–Trinajstić information content (AvgIpc) is 2.98. The van der Waals surface area contributed by atoms with Crippen molar-refractivity contribution < 1.29 is 14.3 Å². The summed E-state index contributed by atoms with van der Waals surface area (Å²) >= 11 is 0. The fourth-order valence-corrected chi connectivity index (χ4v) is 4.94. The number of hydrogen-bond donors (Lipinski definition) is 2. The van der Waals surface area contributed by atoms with Crippen LogP contribution in [0.25, 0.3) is 0 Å². The Kier molecular flexibility index (Phi) is 9.08. The van der Waals surface area contributed by atoms with E-state index in [-0.39, 0.29) is 5.91 Å². The molecule has 0 bridgehead atoms. The molecular formula is C29H39N7O3. The average molecular weight is 534 g/mol. The third kappa shape index (κ3) is 7.35. The van der Waals surface area contributed by atoms with Crippen LogP contribution in [0.5, 0.6) is 5.88 Å². The van der Waals surface area contributed by atoms with Gasteiger partial charge in [-0.1, -0.05) is 31.2 Å². The molecule has 3 aliphatic rings. The van der Waals surface area contributed by atoms with Crippen molar-refractivity contribution in [3.05, 3.63) is 60.0 Å². The van der Waals surface area contributed by atoms with Crippen LogP contribution in [0.15, 0.2) is 54.4 Å². The van der Waals surface area contributed by atoms with E-state index in [1.54, 1.807) is 0 Å². The number of amides is 1. The maximum absolute atomic E-state index is 11.8. The fraction of sp³-hybridized carbons (Fsp3) is 0.483. The largest absolute Gasteiger partial charge is 0.471 e. The minimum atomic E-state index is -0.0184. The molecule has 10 nitrogen and oxygen atoms in total. The molecule has 1 unspecified atom stereocenters. The lowest BCUT2D eigenvalue weighted by Crippen LogP contribution is -2.48. The Bertz CT molecular complexity index is 1190. The third-order valence-corrected chi connectivity index (χ3v) is 7.34. The Labute approximate surface area is 230 Å². The van der Waals surface area contributed by atoms with Gasteiger partial charge in [0.1, 0.15) is 12.3 Å². The lowest BCUT2D eigenvalue weighted by Gasteiger charge is -2.37. The molecule has 10 heteroatoms. The van der Waals surface area contributed by atoms with Gasteiger partial charge in [0.25, 0.3) is 0 Å². The Balaban J connectivity index is 1.27. The van der Waals surface area contributed by atoms with E-state index in [1.807, 2.05) is 37.4 Å². The van der Waals surface area contributed by atoms with Crippen LogP contribution in [-0.4, -0.2) is 91.2 Å². The summed E-state index contributed by atoms with van der Waals surface area (Å²) < 4.78 is 11.8. The van der Waals surface area contributed by atoms with Crippen molar-refractivity contribution >= 4 is 23.2 Å².